The SMILES string of the molecule is NC(=S)c1ccc(NC2CC3CCC2C3)c(Cl)c1. The Morgan fingerprint density at radius 3 is 2.72 bits per heavy atom. The van der Waals surface area contributed by atoms with Crippen molar-refractivity contribution in [2.45, 2.75) is 31.7 Å². The van der Waals surface area contributed by atoms with Crippen molar-refractivity contribution in [2.75, 3.05) is 5.32 Å². The van der Waals surface area contributed by atoms with Crippen molar-refractivity contribution in [2.24, 2.45) is 17.6 Å². The van der Waals surface area contributed by atoms with E-state index in [-0.39, 0.29) is 0 Å². The number of anilines is 1. The number of hydrogen-bond donors (Lipinski definition) is 2. The molecule has 2 fully saturated rings. The number of benzene rings is 1. The maximum Gasteiger partial charge on any atom is 0.104 e. The number of hydrogen-bond acceptors (Lipinski definition) is 2. The van der Waals surface area contributed by atoms with E-state index in [2.05, 4.69) is 5.32 Å². The van der Waals surface area contributed by atoms with Crippen LogP contribution in [0, 0.1) is 11.8 Å². The van der Waals surface area contributed by atoms with E-state index in [0.717, 1.165) is 23.1 Å². The van der Waals surface area contributed by atoms with Crippen molar-refractivity contribution in [1.82, 2.24) is 0 Å². The lowest BCUT2D eigenvalue weighted by molar-refractivity contribution is 0.440. The maximum atomic E-state index is 6.28. The normalized spacial score (nSPS) is 29.5. The third kappa shape index (κ3) is 2.21. The van der Waals surface area contributed by atoms with Crippen molar-refractivity contribution >= 4 is 34.5 Å². The molecule has 3 unspecified atom stereocenters. The fourth-order valence-corrected chi connectivity index (χ4v) is 3.77. The first-order valence-electron chi connectivity index (χ1n) is 6.49. The molecule has 2 nitrogen and oxygen atoms in total. The monoisotopic (exact) mass is 280 g/mol. The zero-order valence-corrected chi connectivity index (χ0v) is 11.7. The molecule has 2 bridgehead atoms. The molecule has 96 valence electrons. The van der Waals surface area contributed by atoms with E-state index >= 15 is 0 Å². The Hall–Kier alpha value is -0.800. The first kappa shape index (κ1) is 12.2. The summed E-state index contributed by atoms with van der Waals surface area (Å²) < 4.78 is 0. The number of fused-ring (bicyclic) bond motifs is 2. The summed E-state index contributed by atoms with van der Waals surface area (Å²) in [7, 11) is 0. The highest BCUT2D eigenvalue weighted by Crippen LogP contribution is 2.45. The molecule has 18 heavy (non-hydrogen) atoms. The third-order valence-electron chi connectivity index (χ3n) is 4.33. The summed E-state index contributed by atoms with van der Waals surface area (Å²) >= 11 is 11.2. The van der Waals surface area contributed by atoms with Gasteiger partial charge in [-0.25, -0.2) is 0 Å². The summed E-state index contributed by atoms with van der Waals surface area (Å²) in [6, 6.07) is 6.36. The van der Waals surface area contributed by atoms with Gasteiger partial charge in [-0.2, -0.15) is 0 Å². The third-order valence-corrected chi connectivity index (χ3v) is 4.88. The molecule has 2 saturated carbocycles. The van der Waals surface area contributed by atoms with Gasteiger partial charge in [-0.1, -0.05) is 30.2 Å². The maximum absolute atomic E-state index is 6.28. The minimum Gasteiger partial charge on any atom is -0.389 e. The molecule has 0 amide bonds. The Kier molecular flexibility index (Phi) is 3.20. The summed E-state index contributed by atoms with van der Waals surface area (Å²) in [5.41, 5.74) is 7.43. The fourth-order valence-electron chi connectivity index (χ4n) is 3.41. The lowest BCUT2D eigenvalue weighted by atomic mass is 9.95. The fraction of sp³-hybridized carbons (Fsp3) is 0.500. The second kappa shape index (κ2) is 4.71. The first-order chi connectivity index (χ1) is 8.63. The minimum atomic E-state index is 0.392. The van der Waals surface area contributed by atoms with Crippen LogP contribution in [0.2, 0.25) is 5.02 Å². The molecule has 2 aliphatic rings. The van der Waals surface area contributed by atoms with Gasteiger partial charge < -0.3 is 11.1 Å². The van der Waals surface area contributed by atoms with Crippen LogP contribution in [0.4, 0.5) is 5.69 Å². The molecule has 0 saturated heterocycles. The van der Waals surface area contributed by atoms with Gasteiger partial charge in [-0.15, -0.1) is 0 Å². The molecular formula is C14H17ClN2S. The summed E-state index contributed by atoms with van der Waals surface area (Å²) in [5.74, 6) is 1.77. The van der Waals surface area contributed by atoms with E-state index in [1.54, 1.807) is 0 Å². The van der Waals surface area contributed by atoms with Crippen LogP contribution in [-0.4, -0.2) is 11.0 Å². The van der Waals surface area contributed by atoms with Crippen LogP contribution in [0.5, 0.6) is 0 Å². The van der Waals surface area contributed by atoms with Crippen LogP contribution in [0.3, 0.4) is 0 Å². The van der Waals surface area contributed by atoms with E-state index in [0.29, 0.717) is 16.1 Å². The standard InChI is InChI=1S/C14H17ClN2S/c15-11-7-10(14(16)18)3-4-12(11)17-13-6-8-1-2-9(13)5-8/h3-4,7-9,13,17H,1-2,5-6H2,(H2,16,18). The van der Waals surface area contributed by atoms with Gasteiger partial charge in [0.1, 0.15) is 4.99 Å². The van der Waals surface area contributed by atoms with Gasteiger partial charge in [0.15, 0.2) is 0 Å². The number of halogens is 1. The Morgan fingerprint density at radius 1 is 1.33 bits per heavy atom. The zero-order valence-electron chi connectivity index (χ0n) is 10.2. The highest BCUT2D eigenvalue weighted by molar-refractivity contribution is 7.80. The van der Waals surface area contributed by atoms with E-state index in [1.807, 2.05) is 18.2 Å². The van der Waals surface area contributed by atoms with Gasteiger partial charge in [-0.05, 0) is 49.3 Å². The molecule has 0 aliphatic heterocycles. The Labute approximate surface area is 118 Å². The number of thiocarbonyl (C=S) groups is 1. The van der Waals surface area contributed by atoms with Gasteiger partial charge in [0.05, 0.1) is 10.7 Å². The van der Waals surface area contributed by atoms with Crippen molar-refractivity contribution in [3.8, 4) is 0 Å². The second-order valence-corrected chi connectivity index (χ2v) is 6.33. The largest absolute Gasteiger partial charge is 0.389 e. The Bertz CT molecular complexity index is 489. The molecular weight excluding hydrogens is 264 g/mol. The van der Waals surface area contributed by atoms with E-state index in [4.69, 9.17) is 29.6 Å². The molecule has 0 aromatic heterocycles. The predicted octanol–water partition coefficient (Wildman–Crippen LogP) is 3.57. The molecule has 4 heteroatoms. The molecule has 2 aliphatic carbocycles. The topological polar surface area (TPSA) is 38.0 Å². The average molecular weight is 281 g/mol. The zero-order chi connectivity index (χ0) is 12.7. The van der Waals surface area contributed by atoms with Gasteiger partial charge >= 0.3 is 0 Å². The van der Waals surface area contributed by atoms with Gasteiger partial charge in [0.25, 0.3) is 0 Å². The van der Waals surface area contributed by atoms with Crippen molar-refractivity contribution in [1.29, 1.82) is 0 Å². The number of nitrogens with two attached hydrogens (primary N) is 1. The summed E-state index contributed by atoms with van der Waals surface area (Å²) in [5, 5.41) is 4.30. The van der Waals surface area contributed by atoms with Gasteiger partial charge in [0.2, 0.25) is 0 Å². The highest BCUT2D eigenvalue weighted by atomic mass is 35.5. The molecule has 0 radical (unpaired) electrons. The predicted molar refractivity (Wildman–Crippen MR) is 80.2 cm³/mol. The lowest BCUT2D eigenvalue weighted by Crippen LogP contribution is -2.26. The van der Waals surface area contributed by atoms with Crippen LogP contribution < -0.4 is 11.1 Å². The van der Waals surface area contributed by atoms with Crippen LogP contribution in [0.1, 0.15) is 31.2 Å². The molecule has 1 aromatic carbocycles. The van der Waals surface area contributed by atoms with Crippen LogP contribution in [0.25, 0.3) is 0 Å². The lowest BCUT2D eigenvalue weighted by Gasteiger charge is -2.24. The highest BCUT2D eigenvalue weighted by Gasteiger charge is 2.39. The molecule has 0 heterocycles. The molecule has 3 N–H and O–H groups in total. The quantitative estimate of drug-likeness (QED) is 0.831. The van der Waals surface area contributed by atoms with Crippen molar-refractivity contribution in [3.05, 3.63) is 28.8 Å². The molecule has 3 rings (SSSR count). The number of nitrogens with one attached hydrogen (secondary N) is 1. The summed E-state index contributed by atoms with van der Waals surface area (Å²) in [4.78, 5) is 0.392. The number of rotatable bonds is 3. The molecule has 0 spiro atoms. The van der Waals surface area contributed by atoms with E-state index < -0.39 is 0 Å². The van der Waals surface area contributed by atoms with Crippen molar-refractivity contribution < 1.29 is 0 Å². The van der Waals surface area contributed by atoms with Gasteiger partial charge in [0, 0.05) is 11.6 Å². The molecule has 3 atom stereocenters. The van der Waals surface area contributed by atoms with E-state index in [1.165, 1.54) is 25.7 Å². The summed E-state index contributed by atoms with van der Waals surface area (Å²) in [6.07, 6.45) is 5.46. The first-order valence-corrected chi connectivity index (χ1v) is 7.28. The van der Waals surface area contributed by atoms with Crippen LogP contribution in [-0.2, 0) is 0 Å². The molecule has 1 aromatic rings. The smallest absolute Gasteiger partial charge is 0.104 e. The average Bonchev–Trinajstić information content (AvgIpc) is 2.93. The van der Waals surface area contributed by atoms with Crippen molar-refractivity contribution in [3.63, 3.8) is 0 Å². The Balaban J connectivity index is 1.75. The van der Waals surface area contributed by atoms with Crippen LogP contribution >= 0.6 is 23.8 Å². The van der Waals surface area contributed by atoms with Gasteiger partial charge in [-0.3, -0.25) is 0 Å². The van der Waals surface area contributed by atoms with Crippen LogP contribution in [0.15, 0.2) is 18.2 Å². The van der Waals surface area contributed by atoms with E-state index in [9.17, 15) is 0 Å². The minimum absolute atomic E-state index is 0.392. The Morgan fingerprint density at radius 2 is 2.17 bits per heavy atom. The second-order valence-electron chi connectivity index (χ2n) is 5.48. The summed E-state index contributed by atoms with van der Waals surface area (Å²) in [6.45, 7) is 0.